The lowest BCUT2D eigenvalue weighted by atomic mass is 9.92. The summed E-state index contributed by atoms with van der Waals surface area (Å²) < 4.78 is 13.1. The Balaban J connectivity index is 1.72. The van der Waals surface area contributed by atoms with Crippen LogP contribution < -0.4 is 4.90 Å². The van der Waals surface area contributed by atoms with E-state index >= 15 is 0 Å². The smallest absolute Gasteiger partial charge is 0.265 e. The number of carbonyl (C=O) groups is 2. The molecule has 122 valence electrons. The van der Waals surface area contributed by atoms with Crippen molar-refractivity contribution in [3.63, 3.8) is 0 Å². The highest BCUT2D eigenvalue weighted by Gasteiger charge is 2.59. The fourth-order valence-electron chi connectivity index (χ4n) is 3.36. The van der Waals surface area contributed by atoms with E-state index in [9.17, 15) is 14.0 Å². The number of carbonyl (C=O) groups excluding carboxylic acids is 2. The monoisotopic (exact) mass is 327 g/mol. The molecule has 1 aromatic heterocycles. The minimum Gasteiger partial charge on any atom is -0.284 e. The van der Waals surface area contributed by atoms with Crippen molar-refractivity contribution in [2.45, 2.75) is 12.1 Å². The normalized spacial score (nSPS) is 26.9. The van der Waals surface area contributed by atoms with Crippen LogP contribution in [0.4, 0.5) is 10.1 Å². The predicted octanol–water partition coefficient (Wildman–Crippen LogP) is 1.70. The largest absolute Gasteiger partial charge is 0.284 e. The van der Waals surface area contributed by atoms with E-state index in [-0.39, 0.29) is 5.91 Å². The maximum absolute atomic E-state index is 13.1. The van der Waals surface area contributed by atoms with Crippen LogP contribution in [0, 0.1) is 11.7 Å². The van der Waals surface area contributed by atoms with Crippen LogP contribution in [0.15, 0.2) is 48.8 Å². The Hall–Kier alpha value is -2.64. The summed E-state index contributed by atoms with van der Waals surface area (Å²) in [6.45, 7) is 0. The van der Waals surface area contributed by atoms with Crippen LogP contribution in [0.25, 0.3) is 0 Å². The minimum atomic E-state index is -0.877. The van der Waals surface area contributed by atoms with Gasteiger partial charge in [0.25, 0.3) is 5.91 Å². The quantitative estimate of drug-likeness (QED) is 0.786. The molecule has 0 saturated carbocycles. The van der Waals surface area contributed by atoms with Gasteiger partial charge in [0.2, 0.25) is 5.91 Å². The molecule has 2 fully saturated rings. The third kappa shape index (κ3) is 2.13. The van der Waals surface area contributed by atoms with Crippen molar-refractivity contribution in [3.05, 3.63) is 60.2 Å². The number of benzene rings is 1. The molecule has 4 rings (SSSR count). The fraction of sp³-hybridized carbons (Fsp3) is 0.235. The first-order valence-corrected chi connectivity index (χ1v) is 7.51. The molecule has 2 aliphatic rings. The number of hydrogen-bond donors (Lipinski definition) is 0. The lowest BCUT2D eigenvalue weighted by Gasteiger charge is -2.23. The van der Waals surface area contributed by atoms with Crippen molar-refractivity contribution in [3.8, 4) is 0 Å². The number of fused-ring (bicyclic) bond motifs is 1. The van der Waals surface area contributed by atoms with Crippen molar-refractivity contribution in [1.29, 1.82) is 0 Å². The van der Waals surface area contributed by atoms with Crippen LogP contribution in [0.3, 0.4) is 0 Å². The van der Waals surface area contributed by atoms with E-state index < -0.39 is 29.8 Å². The number of imide groups is 1. The second kappa shape index (κ2) is 5.47. The molecule has 3 unspecified atom stereocenters. The zero-order chi connectivity index (χ0) is 16.8. The molecular weight excluding hydrogens is 313 g/mol. The van der Waals surface area contributed by atoms with Crippen molar-refractivity contribution >= 4 is 17.5 Å². The maximum atomic E-state index is 13.1. The topological polar surface area (TPSA) is 62.7 Å². The van der Waals surface area contributed by atoms with Gasteiger partial charge in [-0.05, 0) is 35.9 Å². The van der Waals surface area contributed by atoms with Crippen LogP contribution >= 0.6 is 0 Å². The molecule has 0 N–H and O–H groups in total. The number of amides is 2. The zero-order valence-electron chi connectivity index (χ0n) is 12.8. The van der Waals surface area contributed by atoms with Gasteiger partial charge in [0.05, 0.1) is 17.6 Å². The van der Waals surface area contributed by atoms with E-state index in [0.29, 0.717) is 5.69 Å². The summed E-state index contributed by atoms with van der Waals surface area (Å²) in [5, 5.41) is 1.53. The van der Waals surface area contributed by atoms with Crippen molar-refractivity contribution < 1.29 is 18.8 Å². The number of halogens is 1. The molecule has 24 heavy (non-hydrogen) atoms. The van der Waals surface area contributed by atoms with E-state index in [2.05, 4.69) is 4.98 Å². The molecule has 2 aromatic rings. The van der Waals surface area contributed by atoms with Gasteiger partial charge in [0, 0.05) is 19.4 Å². The van der Waals surface area contributed by atoms with Gasteiger partial charge in [0.1, 0.15) is 5.82 Å². The zero-order valence-corrected chi connectivity index (χ0v) is 12.8. The minimum absolute atomic E-state index is 0.344. The summed E-state index contributed by atoms with van der Waals surface area (Å²) in [6.07, 6.45) is 2.42. The van der Waals surface area contributed by atoms with Crippen LogP contribution in [-0.4, -0.2) is 35.0 Å². The molecule has 6 nitrogen and oxygen atoms in total. The van der Waals surface area contributed by atoms with Gasteiger partial charge in [-0.15, -0.1) is 0 Å². The number of nitrogens with zero attached hydrogens (tertiary/aromatic N) is 3. The molecule has 0 bridgehead atoms. The van der Waals surface area contributed by atoms with Crippen LogP contribution in [0.5, 0.6) is 0 Å². The summed E-state index contributed by atoms with van der Waals surface area (Å²) in [4.78, 5) is 36.3. The third-order valence-electron chi connectivity index (χ3n) is 4.42. The molecule has 3 atom stereocenters. The number of rotatable bonds is 2. The Kier molecular flexibility index (Phi) is 3.40. The maximum Gasteiger partial charge on any atom is 0.265 e. The first-order chi connectivity index (χ1) is 11.6. The third-order valence-corrected chi connectivity index (χ3v) is 4.42. The highest BCUT2D eigenvalue weighted by Crippen LogP contribution is 2.44. The summed E-state index contributed by atoms with van der Waals surface area (Å²) in [5.74, 6) is -1.87. The predicted molar refractivity (Wildman–Crippen MR) is 82.0 cm³/mol. The molecule has 2 aliphatic heterocycles. The molecule has 2 saturated heterocycles. The van der Waals surface area contributed by atoms with Gasteiger partial charge >= 0.3 is 0 Å². The van der Waals surface area contributed by atoms with Gasteiger partial charge in [-0.25, -0.2) is 9.29 Å². The van der Waals surface area contributed by atoms with E-state index in [0.717, 1.165) is 10.5 Å². The van der Waals surface area contributed by atoms with Crippen LogP contribution in [0.1, 0.15) is 11.6 Å². The van der Waals surface area contributed by atoms with Gasteiger partial charge in [-0.3, -0.25) is 19.4 Å². The summed E-state index contributed by atoms with van der Waals surface area (Å²) in [5.41, 5.74) is 1.14. The Morgan fingerprint density at radius 1 is 1.12 bits per heavy atom. The first kappa shape index (κ1) is 14.9. The fourth-order valence-corrected chi connectivity index (χ4v) is 3.36. The average molecular weight is 327 g/mol. The highest BCUT2D eigenvalue weighted by molar-refractivity contribution is 6.23. The number of aromatic nitrogens is 1. The van der Waals surface area contributed by atoms with Crippen molar-refractivity contribution in [1.82, 2.24) is 10.0 Å². The van der Waals surface area contributed by atoms with Gasteiger partial charge in [-0.1, -0.05) is 6.07 Å². The van der Waals surface area contributed by atoms with E-state index in [1.165, 1.54) is 29.3 Å². The lowest BCUT2D eigenvalue weighted by molar-refractivity contribution is -0.160. The SMILES string of the molecule is CN1OC2C(=O)N(c3ccc(F)cc3)C(=O)C2C1c1cccnc1. The molecular formula is C17H14FN3O3. The number of hydroxylamine groups is 2. The van der Waals surface area contributed by atoms with Crippen molar-refractivity contribution in [2.24, 2.45) is 5.92 Å². The number of anilines is 1. The lowest BCUT2D eigenvalue weighted by Crippen LogP contribution is -2.36. The van der Waals surface area contributed by atoms with Crippen molar-refractivity contribution in [2.75, 3.05) is 11.9 Å². The Bertz CT molecular complexity index is 796. The number of hydrogen-bond acceptors (Lipinski definition) is 5. The molecule has 7 heteroatoms. The average Bonchev–Trinajstić information content (AvgIpc) is 3.05. The summed E-state index contributed by atoms with van der Waals surface area (Å²) >= 11 is 0. The van der Waals surface area contributed by atoms with Gasteiger partial charge in [-0.2, -0.15) is 5.06 Å². The van der Waals surface area contributed by atoms with Crippen LogP contribution in [0.2, 0.25) is 0 Å². The first-order valence-electron chi connectivity index (χ1n) is 7.51. The standard InChI is InChI=1S/C17H14FN3O3/c1-20-14(10-3-2-8-19-9-10)13-15(24-20)17(23)21(16(13)22)12-6-4-11(18)5-7-12/h2-9,13-15H,1H3. The Morgan fingerprint density at radius 2 is 1.88 bits per heavy atom. The van der Waals surface area contributed by atoms with E-state index in [1.807, 2.05) is 6.07 Å². The second-order valence-electron chi connectivity index (χ2n) is 5.82. The summed E-state index contributed by atoms with van der Waals surface area (Å²) in [6, 6.07) is 8.48. The summed E-state index contributed by atoms with van der Waals surface area (Å²) in [7, 11) is 1.69. The Morgan fingerprint density at radius 3 is 2.54 bits per heavy atom. The van der Waals surface area contributed by atoms with Crippen LogP contribution in [-0.2, 0) is 14.4 Å². The molecule has 1 aromatic carbocycles. The highest BCUT2D eigenvalue weighted by atomic mass is 19.1. The number of pyridine rings is 1. The molecule has 2 amide bonds. The van der Waals surface area contributed by atoms with E-state index in [1.54, 1.807) is 25.5 Å². The Labute approximate surface area is 137 Å². The molecule has 0 spiro atoms. The van der Waals surface area contributed by atoms with E-state index in [4.69, 9.17) is 4.84 Å². The van der Waals surface area contributed by atoms with Gasteiger partial charge in [0.15, 0.2) is 6.10 Å². The molecule has 0 aliphatic carbocycles. The van der Waals surface area contributed by atoms with Gasteiger partial charge < -0.3 is 0 Å². The molecule has 3 heterocycles. The second-order valence-corrected chi connectivity index (χ2v) is 5.82. The molecule has 0 radical (unpaired) electrons.